The van der Waals surface area contributed by atoms with Gasteiger partial charge in [0, 0.05) is 33.3 Å². The zero-order chi connectivity index (χ0) is 5.41. The molecule has 0 unspecified atom stereocenters. The van der Waals surface area contributed by atoms with Gasteiger partial charge in [-0.1, -0.05) is 10.1 Å². The number of hydrogen-bond donors (Lipinski definition) is 4. The Balaban J connectivity index is -0.0000000160. The monoisotopic (exact) mass is 217 g/mol. The summed E-state index contributed by atoms with van der Waals surface area (Å²) in [5.41, 5.74) is 0. The Kier molecular flexibility index (Phi) is 135. The van der Waals surface area contributed by atoms with E-state index in [0.717, 1.165) is 0 Å². The van der Waals surface area contributed by atoms with Crippen LogP contribution in [-0.4, -0.2) is 21.0 Å². The third-order valence-electron chi connectivity index (χ3n) is 0. The van der Waals surface area contributed by atoms with Crippen molar-refractivity contribution in [2.24, 2.45) is 0 Å². The minimum absolute atomic E-state index is 0. The molecule has 1 radical (unpaired) electrons. The van der Waals surface area contributed by atoms with Crippen LogP contribution in [0.15, 0.2) is 0 Å². The first kappa shape index (κ1) is 23.3. The van der Waals surface area contributed by atoms with Crippen LogP contribution >= 0.6 is 0 Å². The van der Waals surface area contributed by atoms with Crippen LogP contribution in [0.1, 0.15) is 0 Å². The van der Waals surface area contributed by atoms with Gasteiger partial charge in [-0.25, -0.2) is 21.0 Å². The molecule has 0 fully saturated rings. The summed E-state index contributed by atoms with van der Waals surface area (Å²) in [6.45, 7) is 0. The second kappa shape index (κ2) is 46.6. The SMILES string of the molecule is OOO.OOO.[Co].[Ni]. The number of rotatable bonds is 0. The average molecular weight is 218 g/mol. The second-order valence-electron chi connectivity index (χ2n) is 0.163. The van der Waals surface area contributed by atoms with Crippen LogP contribution < -0.4 is 0 Å². The largest absolute Gasteiger partial charge is 0.221 e. The van der Waals surface area contributed by atoms with E-state index >= 15 is 0 Å². The Morgan fingerprint density at radius 3 is 0.750 bits per heavy atom. The molecule has 0 rings (SSSR count). The first-order valence-corrected chi connectivity index (χ1v) is 0.730. The molecule has 0 aliphatic carbocycles. The Bertz CT molecular complexity index is 10.5. The molecule has 0 heterocycles. The Labute approximate surface area is 64.9 Å². The summed E-state index contributed by atoms with van der Waals surface area (Å²) in [6, 6.07) is 0. The molecule has 4 N–H and O–H groups in total. The third-order valence-corrected chi connectivity index (χ3v) is 0. The predicted molar refractivity (Wildman–Crippen MR) is 12.7 cm³/mol. The molecule has 0 saturated heterocycles. The van der Waals surface area contributed by atoms with Crippen LogP contribution in [0.4, 0.5) is 0 Å². The smallest absolute Gasteiger partial charge is 0 e. The first-order chi connectivity index (χ1) is 2.83. The molecule has 59 valence electrons. The maximum Gasteiger partial charge on any atom is 0 e. The molecular formula is H4CoNiO6. The first-order valence-electron chi connectivity index (χ1n) is 0.730. The Hall–Kier alpha value is 0.760. The van der Waals surface area contributed by atoms with Gasteiger partial charge in [0.05, 0.1) is 0 Å². The summed E-state index contributed by atoms with van der Waals surface area (Å²) in [5.74, 6) is 0. The summed E-state index contributed by atoms with van der Waals surface area (Å²) in [7, 11) is 0. The van der Waals surface area contributed by atoms with Crippen molar-refractivity contribution in [3.8, 4) is 0 Å². The van der Waals surface area contributed by atoms with E-state index in [-0.39, 0.29) is 33.3 Å². The van der Waals surface area contributed by atoms with E-state index in [2.05, 4.69) is 10.1 Å². The molecule has 0 saturated carbocycles. The maximum atomic E-state index is 6.62. The van der Waals surface area contributed by atoms with Crippen molar-refractivity contribution >= 4 is 0 Å². The van der Waals surface area contributed by atoms with E-state index in [9.17, 15) is 0 Å². The van der Waals surface area contributed by atoms with Gasteiger partial charge in [-0.3, -0.25) is 0 Å². The van der Waals surface area contributed by atoms with Crippen molar-refractivity contribution in [2.45, 2.75) is 0 Å². The van der Waals surface area contributed by atoms with E-state index in [1.807, 2.05) is 0 Å². The molecule has 0 aromatic heterocycles. The fourth-order valence-corrected chi connectivity index (χ4v) is 0. The van der Waals surface area contributed by atoms with E-state index in [4.69, 9.17) is 21.0 Å². The molecule has 0 amide bonds. The zero-order valence-electron chi connectivity index (χ0n) is 3.25. The van der Waals surface area contributed by atoms with Gasteiger partial charge in [-0.2, -0.15) is 0 Å². The summed E-state index contributed by atoms with van der Waals surface area (Å²) >= 11 is 0. The van der Waals surface area contributed by atoms with Crippen molar-refractivity contribution in [1.29, 1.82) is 0 Å². The predicted octanol–water partition coefficient (Wildman–Crippen LogP) is -0.107. The fraction of sp³-hybridized carbons (Fsp3) is 0. The van der Waals surface area contributed by atoms with Crippen LogP contribution in [0, 0.1) is 0 Å². The van der Waals surface area contributed by atoms with Crippen LogP contribution in [0.2, 0.25) is 0 Å². The van der Waals surface area contributed by atoms with Gasteiger partial charge in [-0.05, 0) is 0 Å². The van der Waals surface area contributed by atoms with Crippen LogP contribution in [0.5, 0.6) is 0 Å². The van der Waals surface area contributed by atoms with Crippen molar-refractivity contribution < 1.29 is 64.4 Å². The molecule has 0 spiro atoms. The minimum Gasteiger partial charge on any atom is -0.221 e. The number of hydrogen-bond acceptors (Lipinski definition) is 6. The van der Waals surface area contributed by atoms with Crippen molar-refractivity contribution in [1.82, 2.24) is 0 Å². The molecule has 0 atom stereocenters. The van der Waals surface area contributed by atoms with Gasteiger partial charge in [-0.15, -0.1) is 0 Å². The summed E-state index contributed by atoms with van der Waals surface area (Å²) in [4.78, 5) is 0. The molecule has 8 heavy (non-hydrogen) atoms. The van der Waals surface area contributed by atoms with Gasteiger partial charge < -0.3 is 0 Å². The molecule has 0 bridgehead atoms. The van der Waals surface area contributed by atoms with E-state index in [1.165, 1.54) is 0 Å². The van der Waals surface area contributed by atoms with Gasteiger partial charge in [0.15, 0.2) is 0 Å². The van der Waals surface area contributed by atoms with Gasteiger partial charge >= 0.3 is 0 Å². The van der Waals surface area contributed by atoms with Crippen LogP contribution in [-0.2, 0) is 43.3 Å². The standard InChI is InChI=1S/Co.Ni.2H2O3/c;;2*1-3-2/h;;2*1-2H. The normalized spacial score (nSPS) is 4.50. The average Bonchev–Trinajstić information content (AvgIpc) is 1.39. The Morgan fingerprint density at radius 1 is 0.750 bits per heavy atom. The molecule has 6 nitrogen and oxygen atoms in total. The molecule has 0 aliphatic rings. The van der Waals surface area contributed by atoms with Crippen LogP contribution in [0.25, 0.3) is 0 Å². The summed E-state index contributed by atoms with van der Waals surface area (Å²) < 4.78 is 0. The van der Waals surface area contributed by atoms with Gasteiger partial charge in [0.25, 0.3) is 0 Å². The quantitative estimate of drug-likeness (QED) is 0.257. The molecule has 8 heteroatoms. The molecule has 0 aliphatic heterocycles. The van der Waals surface area contributed by atoms with E-state index < -0.39 is 0 Å². The van der Waals surface area contributed by atoms with E-state index in [0.29, 0.717) is 0 Å². The van der Waals surface area contributed by atoms with E-state index in [1.54, 1.807) is 0 Å². The molecular weight excluding hydrogens is 214 g/mol. The van der Waals surface area contributed by atoms with Crippen molar-refractivity contribution in [3.63, 3.8) is 0 Å². The van der Waals surface area contributed by atoms with Crippen LogP contribution in [0.3, 0.4) is 0 Å². The Morgan fingerprint density at radius 2 is 0.750 bits per heavy atom. The molecule has 0 aromatic carbocycles. The van der Waals surface area contributed by atoms with Crippen molar-refractivity contribution in [3.05, 3.63) is 0 Å². The topological polar surface area (TPSA) is 99.4 Å². The molecule has 0 aromatic rings. The summed E-state index contributed by atoms with van der Waals surface area (Å²) in [6.07, 6.45) is 0. The third kappa shape index (κ3) is 388. The zero-order valence-corrected chi connectivity index (χ0v) is 5.28. The second-order valence-corrected chi connectivity index (χ2v) is 0.163. The maximum absolute atomic E-state index is 6.62. The van der Waals surface area contributed by atoms with Gasteiger partial charge in [0.2, 0.25) is 0 Å². The van der Waals surface area contributed by atoms with Gasteiger partial charge in [0.1, 0.15) is 0 Å². The van der Waals surface area contributed by atoms with Crippen molar-refractivity contribution in [2.75, 3.05) is 0 Å². The minimum atomic E-state index is 0. The fourth-order valence-electron chi connectivity index (χ4n) is 0. The summed E-state index contributed by atoms with van der Waals surface area (Å²) in [5, 5.41) is 31.0.